The van der Waals surface area contributed by atoms with Crippen LogP contribution >= 0.6 is 11.6 Å². The van der Waals surface area contributed by atoms with E-state index in [0.717, 1.165) is 6.07 Å². The molecule has 0 aliphatic heterocycles. The third-order valence-electron chi connectivity index (χ3n) is 2.37. The topological polar surface area (TPSA) is 22.4 Å². The van der Waals surface area contributed by atoms with E-state index >= 15 is 0 Å². The van der Waals surface area contributed by atoms with Gasteiger partial charge in [0, 0.05) is 5.56 Å². The molecule has 2 nitrogen and oxygen atoms in total. The zero-order valence-electron chi connectivity index (χ0n) is 9.22. The number of ether oxygens (including phenoxy) is 1. The molecule has 1 aromatic carbocycles. The molecule has 1 aromatic heterocycles. The maximum atomic E-state index is 12.8. The Bertz CT molecular complexity index is 547. The lowest BCUT2D eigenvalue weighted by Crippen LogP contribution is -2.07. The number of alkyl halides is 3. The van der Waals surface area contributed by atoms with Crippen molar-refractivity contribution in [3.8, 4) is 17.1 Å². The molecular weight excluding hydrogens is 269 g/mol. The largest absolute Gasteiger partial charge is 0.497 e. The van der Waals surface area contributed by atoms with E-state index in [1.54, 1.807) is 6.07 Å². The molecule has 0 unspecified atom stereocenters. The van der Waals surface area contributed by atoms with Gasteiger partial charge >= 0.3 is 6.18 Å². The van der Waals surface area contributed by atoms with E-state index < -0.39 is 16.8 Å². The van der Waals surface area contributed by atoms with Crippen molar-refractivity contribution in [2.24, 2.45) is 0 Å². The summed E-state index contributed by atoms with van der Waals surface area (Å²) < 4.78 is 48.4. The molecule has 0 spiro atoms. The van der Waals surface area contributed by atoms with Crippen molar-refractivity contribution >= 4 is 11.6 Å². The highest BCUT2D eigenvalue weighted by atomic mass is 35.5. The molecule has 0 saturated carbocycles. The Labute approximate surface area is 106 Å². The minimum Gasteiger partial charge on any atom is -0.497 e. The molecule has 0 saturated heterocycles. The maximum Gasteiger partial charge on any atom is 0.418 e. The molecule has 2 rings (SSSR count). The third kappa shape index (κ3) is 2.31. The van der Waals surface area contributed by atoms with E-state index in [9.17, 15) is 13.2 Å². The minimum absolute atomic E-state index is 0.0677. The van der Waals surface area contributed by atoms with Crippen LogP contribution in [-0.2, 0) is 6.18 Å². The normalized spacial score (nSPS) is 11.6. The fourth-order valence-corrected chi connectivity index (χ4v) is 1.84. The van der Waals surface area contributed by atoms with Crippen LogP contribution in [0.25, 0.3) is 11.3 Å². The average molecular weight is 277 g/mol. The Morgan fingerprint density at radius 1 is 1.28 bits per heavy atom. The van der Waals surface area contributed by atoms with Crippen LogP contribution in [0.4, 0.5) is 13.2 Å². The fourth-order valence-electron chi connectivity index (χ4n) is 1.53. The fraction of sp³-hybridized carbons (Fsp3) is 0.167. The number of rotatable bonds is 2. The number of halogens is 4. The highest BCUT2D eigenvalue weighted by Crippen LogP contribution is 2.42. The van der Waals surface area contributed by atoms with Gasteiger partial charge in [0.15, 0.2) is 0 Å². The first-order chi connectivity index (χ1) is 8.43. The summed E-state index contributed by atoms with van der Waals surface area (Å²) in [6, 6.07) is 5.35. The standard InChI is InChI=1S/C12H8ClF3O2/c1-17-7-5-8(10-3-2-4-18-10)11(13)9(6-7)12(14,15)16/h2-6H,1H3. The molecule has 0 aliphatic rings. The molecule has 96 valence electrons. The van der Waals surface area contributed by atoms with Crippen molar-refractivity contribution < 1.29 is 22.3 Å². The SMILES string of the molecule is COc1cc(-c2ccco2)c(Cl)c(C(F)(F)F)c1. The predicted octanol–water partition coefficient (Wildman–Crippen LogP) is 4.63. The second-order valence-electron chi connectivity index (χ2n) is 3.51. The molecular formula is C12H8ClF3O2. The quantitative estimate of drug-likeness (QED) is 0.798. The van der Waals surface area contributed by atoms with Gasteiger partial charge in [-0.2, -0.15) is 13.2 Å². The summed E-state index contributed by atoms with van der Waals surface area (Å²) in [4.78, 5) is 0. The molecule has 0 atom stereocenters. The lowest BCUT2D eigenvalue weighted by molar-refractivity contribution is -0.137. The van der Waals surface area contributed by atoms with Crippen LogP contribution in [0.2, 0.25) is 5.02 Å². The van der Waals surface area contributed by atoms with Gasteiger partial charge in [-0.25, -0.2) is 0 Å². The molecule has 0 radical (unpaired) electrons. The zero-order valence-corrected chi connectivity index (χ0v) is 9.97. The molecule has 6 heteroatoms. The van der Waals surface area contributed by atoms with E-state index in [2.05, 4.69) is 0 Å². The van der Waals surface area contributed by atoms with Gasteiger partial charge in [0.05, 0.1) is 24.0 Å². The summed E-state index contributed by atoms with van der Waals surface area (Å²) in [5, 5.41) is -0.404. The van der Waals surface area contributed by atoms with Gasteiger partial charge in [-0.3, -0.25) is 0 Å². The summed E-state index contributed by atoms with van der Waals surface area (Å²) in [7, 11) is 1.29. The molecule has 0 amide bonds. The van der Waals surface area contributed by atoms with E-state index in [-0.39, 0.29) is 17.1 Å². The summed E-state index contributed by atoms with van der Waals surface area (Å²) in [5.74, 6) is 0.322. The van der Waals surface area contributed by atoms with Crippen molar-refractivity contribution in [1.82, 2.24) is 0 Å². The number of benzene rings is 1. The van der Waals surface area contributed by atoms with Gasteiger partial charge in [0.2, 0.25) is 0 Å². The molecule has 1 heterocycles. The lowest BCUT2D eigenvalue weighted by Gasteiger charge is -2.13. The van der Waals surface area contributed by atoms with Crippen molar-refractivity contribution in [3.63, 3.8) is 0 Å². The summed E-state index contributed by atoms with van der Waals surface area (Å²) >= 11 is 5.78. The highest BCUT2D eigenvalue weighted by molar-refractivity contribution is 6.34. The van der Waals surface area contributed by atoms with Gasteiger partial charge < -0.3 is 9.15 Å². The smallest absolute Gasteiger partial charge is 0.418 e. The molecule has 0 N–H and O–H groups in total. The van der Waals surface area contributed by atoms with Crippen LogP contribution in [0, 0.1) is 0 Å². The van der Waals surface area contributed by atoms with Gasteiger partial charge in [0.1, 0.15) is 11.5 Å². The Morgan fingerprint density at radius 3 is 2.50 bits per heavy atom. The third-order valence-corrected chi connectivity index (χ3v) is 2.78. The predicted molar refractivity (Wildman–Crippen MR) is 60.7 cm³/mol. The molecule has 2 aromatic rings. The molecule has 18 heavy (non-hydrogen) atoms. The highest BCUT2D eigenvalue weighted by Gasteiger charge is 2.35. The monoisotopic (exact) mass is 276 g/mol. The van der Waals surface area contributed by atoms with Crippen LogP contribution in [0.15, 0.2) is 34.9 Å². The summed E-state index contributed by atoms with van der Waals surface area (Å²) in [6.45, 7) is 0. The van der Waals surface area contributed by atoms with Crippen LogP contribution in [0.1, 0.15) is 5.56 Å². The van der Waals surface area contributed by atoms with Gasteiger partial charge in [-0.1, -0.05) is 11.6 Å². The second kappa shape index (κ2) is 4.57. The Morgan fingerprint density at radius 2 is 2.00 bits per heavy atom. The number of hydrogen-bond acceptors (Lipinski definition) is 2. The number of furan rings is 1. The van der Waals surface area contributed by atoms with Crippen molar-refractivity contribution in [3.05, 3.63) is 41.1 Å². The Hall–Kier alpha value is -1.62. The van der Waals surface area contributed by atoms with E-state index in [4.69, 9.17) is 20.8 Å². The molecule has 0 bridgehead atoms. The summed E-state index contributed by atoms with van der Waals surface area (Å²) in [6.07, 6.45) is -3.19. The Kier molecular flexibility index (Phi) is 3.26. The minimum atomic E-state index is -4.55. The molecule has 0 aliphatic carbocycles. The van der Waals surface area contributed by atoms with Crippen LogP contribution in [0.5, 0.6) is 5.75 Å². The van der Waals surface area contributed by atoms with Gasteiger partial charge in [-0.05, 0) is 24.3 Å². The maximum absolute atomic E-state index is 12.8. The summed E-state index contributed by atoms with van der Waals surface area (Å²) in [5.41, 5.74) is -0.803. The van der Waals surface area contributed by atoms with Crippen LogP contribution < -0.4 is 4.74 Å². The van der Waals surface area contributed by atoms with E-state index in [1.807, 2.05) is 0 Å². The van der Waals surface area contributed by atoms with Crippen LogP contribution in [-0.4, -0.2) is 7.11 Å². The number of methoxy groups -OCH3 is 1. The van der Waals surface area contributed by atoms with E-state index in [1.165, 1.54) is 25.5 Å². The van der Waals surface area contributed by atoms with Gasteiger partial charge in [-0.15, -0.1) is 0 Å². The first-order valence-electron chi connectivity index (χ1n) is 4.92. The van der Waals surface area contributed by atoms with E-state index in [0.29, 0.717) is 0 Å². The first kappa shape index (κ1) is 12.8. The lowest BCUT2D eigenvalue weighted by atomic mass is 10.1. The van der Waals surface area contributed by atoms with Crippen molar-refractivity contribution in [2.75, 3.05) is 7.11 Å². The second-order valence-corrected chi connectivity index (χ2v) is 3.89. The number of hydrogen-bond donors (Lipinski definition) is 0. The van der Waals surface area contributed by atoms with Crippen molar-refractivity contribution in [1.29, 1.82) is 0 Å². The molecule has 0 fully saturated rings. The Balaban J connectivity index is 2.67. The van der Waals surface area contributed by atoms with Crippen LogP contribution in [0.3, 0.4) is 0 Å². The van der Waals surface area contributed by atoms with Gasteiger partial charge in [0.25, 0.3) is 0 Å². The van der Waals surface area contributed by atoms with Crippen molar-refractivity contribution in [2.45, 2.75) is 6.18 Å². The first-order valence-corrected chi connectivity index (χ1v) is 5.30. The zero-order chi connectivity index (χ0) is 13.3. The average Bonchev–Trinajstić information content (AvgIpc) is 2.81.